The van der Waals surface area contributed by atoms with Gasteiger partial charge in [0, 0.05) is 10.7 Å². The van der Waals surface area contributed by atoms with Crippen molar-refractivity contribution in [1.29, 1.82) is 0 Å². The minimum absolute atomic E-state index is 0.168. The Morgan fingerprint density at radius 1 is 0.939 bits per heavy atom. The lowest BCUT2D eigenvalue weighted by Crippen LogP contribution is -2.32. The predicted octanol–water partition coefficient (Wildman–Crippen LogP) is 5.45. The molecular weight excluding hydrogens is 440 g/mol. The van der Waals surface area contributed by atoms with E-state index in [1.165, 1.54) is 0 Å². The number of anilines is 2. The third kappa shape index (κ3) is 4.17. The Labute approximate surface area is 197 Å². The third-order valence-corrected chi connectivity index (χ3v) is 5.81. The fraction of sp³-hybridized carbons (Fsp3) is 0.154. The molecule has 0 unspecified atom stereocenters. The van der Waals surface area contributed by atoms with Crippen molar-refractivity contribution in [1.82, 2.24) is 0 Å². The van der Waals surface area contributed by atoms with Gasteiger partial charge in [0.25, 0.3) is 11.8 Å². The molecule has 1 aliphatic heterocycles. The van der Waals surface area contributed by atoms with Gasteiger partial charge < -0.3 is 14.8 Å². The molecule has 0 atom stereocenters. The van der Waals surface area contributed by atoms with Crippen LogP contribution < -0.4 is 19.7 Å². The molecule has 6 nitrogen and oxygen atoms in total. The quantitative estimate of drug-likeness (QED) is 0.473. The van der Waals surface area contributed by atoms with E-state index in [4.69, 9.17) is 21.1 Å². The van der Waals surface area contributed by atoms with Gasteiger partial charge in [0.2, 0.25) is 0 Å². The summed E-state index contributed by atoms with van der Waals surface area (Å²) in [5.41, 5.74) is 2.82. The van der Waals surface area contributed by atoms with Gasteiger partial charge >= 0.3 is 0 Å². The highest BCUT2D eigenvalue weighted by atomic mass is 35.5. The maximum absolute atomic E-state index is 13.7. The van der Waals surface area contributed by atoms with Gasteiger partial charge in [-0.25, -0.2) is 4.90 Å². The third-order valence-electron chi connectivity index (χ3n) is 5.40. The zero-order valence-electron chi connectivity index (χ0n) is 18.5. The number of ether oxygens (including phenoxy) is 2. The van der Waals surface area contributed by atoms with Crippen LogP contribution in [0.4, 0.5) is 11.4 Å². The van der Waals surface area contributed by atoms with E-state index in [2.05, 4.69) is 5.32 Å². The standard InChI is InChI=1S/C26H23ClN2O4/c1-4-33-22-11-6-5-10-21(22)29-25(30)23(17-12-14-18(32-3)15-13-17)24(26(29)31)28-20-9-7-8-19(27)16(20)2/h5-15,28H,4H2,1-3H3. The summed E-state index contributed by atoms with van der Waals surface area (Å²) in [5, 5.41) is 3.73. The van der Waals surface area contributed by atoms with E-state index in [0.717, 1.165) is 10.5 Å². The molecule has 0 spiro atoms. The first-order valence-corrected chi connectivity index (χ1v) is 10.9. The van der Waals surface area contributed by atoms with Crippen LogP contribution in [0.15, 0.2) is 72.4 Å². The van der Waals surface area contributed by atoms with Crippen LogP contribution in [0.25, 0.3) is 5.57 Å². The summed E-state index contributed by atoms with van der Waals surface area (Å²) in [7, 11) is 1.57. The molecule has 0 fully saturated rings. The summed E-state index contributed by atoms with van der Waals surface area (Å²) in [5.74, 6) is 0.183. The minimum atomic E-state index is -0.475. The zero-order valence-corrected chi connectivity index (χ0v) is 19.3. The molecular formula is C26H23ClN2O4. The molecule has 7 heteroatoms. The Balaban J connectivity index is 1.85. The van der Waals surface area contributed by atoms with E-state index < -0.39 is 11.8 Å². The Kier molecular flexibility index (Phi) is 6.38. The number of imide groups is 1. The molecule has 1 N–H and O–H groups in total. The highest BCUT2D eigenvalue weighted by molar-refractivity contribution is 6.46. The number of hydrogen-bond donors (Lipinski definition) is 1. The number of halogens is 1. The Morgan fingerprint density at radius 2 is 1.67 bits per heavy atom. The molecule has 3 aromatic carbocycles. The lowest BCUT2D eigenvalue weighted by Gasteiger charge is -2.19. The molecule has 2 amide bonds. The number of methoxy groups -OCH3 is 1. The largest absolute Gasteiger partial charge is 0.497 e. The molecule has 1 aliphatic rings. The maximum Gasteiger partial charge on any atom is 0.282 e. The second-order valence-electron chi connectivity index (χ2n) is 7.36. The molecule has 0 aliphatic carbocycles. The van der Waals surface area contributed by atoms with Crippen LogP contribution in [-0.2, 0) is 9.59 Å². The van der Waals surface area contributed by atoms with Gasteiger partial charge in [0.15, 0.2) is 0 Å². The number of amides is 2. The van der Waals surface area contributed by atoms with Crippen LogP contribution in [0.2, 0.25) is 5.02 Å². The number of rotatable bonds is 7. The zero-order chi connectivity index (χ0) is 23.5. The SMILES string of the molecule is CCOc1ccccc1N1C(=O)C(Nc2cccc(Cl)c2C)=C(c2ccc(OC)cc2)C1=O. The molecule has 0 radical (unpaired) electrons. The molecule has 3 aromatic rings. The first kappa shape index (κ1) is 22.4. The van der Waals surface area contributed by atoms with Crippen LogP contribution >= 0.6 is 11.6 Å². The number of nitrogens with one attached hydrogen (secondary N) is 1. The van der Waals surface area contributed by atoms with Gasteiger partial charge in [-0.2, -0.15) is 0 Å². The van der Waals surface area contributed by atoms with Crippen LogP contribution in [0.1, 0.15) is 18.1 Å². The molecule has 168 valence electrons. The summed E-state index contributed by atoms with van der Waals surface area (Å²) < 4.78 is 10.9. The van der Waals surface area contributed by atoms with Crippen molar-refractivity contribution < 1.29 is 19.1 Å². The Hall–Kier alpha value is -3.77. The second kappa shape index (κ2) is 9.38. The molecule has 0 saturated carbocycles. The monoisotopic (exact) mass is 462 g/mol. The fourth-order valence-electron chi connectivity index (χ4n) is 3.69. The van der Waals surface area contributed by atoms with Crippen molar-refractivity contribution in [2.75, 3.05) is 23.9 Å². The second-order valence-corrected chi connectivity index (χ2v) is 7.77. The highest BCUT2D eigenvalue weighted by Crippen LogP contribution is 2.38. The van der Waals surface area contributed by atoms with Crippen molar-refractivity contribution in [3.63, 3.8) is 0 Å². The van der Waals surface area contributed by atoms with Gasteiger partial charge in [-0.1, -0.05) is 41.9 Å². The van der Waals surface area contributed by atoms with E-state index in [9.17, 15) is 9.59 Å². The predicted molar refractivity (Wildman–Crippen MR) is 130 cm³/mol. The Bertz CT molecular complexity index is 1250. The van der Waals surface area contributed by atoms with Crippen molar-refractivity contribution in [3.05, 3.63) is 88.6 Å². The number of para-hydroxylation sites is 2. The van der Waals surface area contributed by atoms with E-state index in [0.29, 0.717) is 40.1 Å². The van der Waals surface area contributed by atoms with E-state index in [1.807, 2.05) is 19.9 Å². The summed E-state index contributed by atoms with van der Waals surface area (Å²) in [4.78, 5) is 28.5. The molecule has 4 rings (SSSR count). The average Bonchev–Trinajstić information content (AvgIpc) is 3.07. The summed E-state index contributed by atoms with van der Waals surface area (Å²) in [6.45, 7) is 4.10. The number of hydrogen-bond acceptors (Lipinski definition) is 5. The van der Waals surface area contributed by atoms with Gasteiger partial charge in [-0.05, 0) is 61.4 Å². The number of nitrogens with zero attached hydrogens (tertiary/aromatic N) is 1. The normalized spacial score (nSPS) is 13.5. The topological polar surface area (TPSA) is 67.9 Å². The maximum atomic E-state index is 13.7. The number of carbonyl (C=O) groups excluding carboxylic acids is 2. The van der Waals surface area contributed by atoms with Crippen molar-refractivity contribution in [2.45, 2.75) is 13.8 Å². The lowest BCUT2D eigenvalue weighted by atomic mass is 10.0. The molecule has 1 heterocycles. The molecule has 0 bridgehead atoms. The van der Waals surface area contributed by atoms with Crippen LogP contribution in [0.3, 0.4) is 0 Å². The first-order valence-electron chi connectivity index (χ1n) is 10.5. The lowest BCUT2D eigenvalue weighted by molar-refractivity contribution is -0.120. The first-order chi connectivity index (χ1) is 16.0. The summed E-state index contributed by atoms with van der Waals surface area (Å²) in [6.07, 6.45) is 0. The van der Waals surface area contributed by atoms with Crippen molar-refractivity contribution in [3.8, 4) is 11.5 Å². The average molecular weight is 463 g/mol. The molecule has 33 heavy (non-hydrogen) atoms. The van der Waals surface area contributed by atoms with Gasteiger partial charge in [0.05, 0.1) is 25.0 Å². The summed E-state index contributed by atoms with van der Waals surface area (Å²) >= 11 is 6.28. The molecule has 0 aromatic heterocycles. The van der Waals surface area contributed by atoms with Crippen molar-refractivity contribution >= 4 is 40.4 Å². The minimum Gasteiger partial charge on any atom is -0.497 e. The highest BCUT2D eigenvalue weighted by Gasteiger charge is 2.41. The van der Waals surface area contributed by atoms with Gasteiger partial charge in [-0.15, -0.1) is 0 Å². The number of carbonyl (C=O) groups is 2. The van der Waals surface area contributed by atoms with Gasteiger partial charge in [0.1, 0.15) is 17.2 Å². The molecule has 0 saturated heterocycles. The van der Waals surface area contributed by atoms with Gasteiger partial charge in [-0.3, -0.25) is 9.59 Å². The van der Waals surface area contributed by atoms with E-state index in [1.54, 1.807) is 67.8 Å². The van der Waals surface area contributed by atoms with Crippen LogP contribution in [0.5, 0.6) is 11.5 Å². The van der Waals surface area contributed by atoms with E-state index >= 15 is 0 Å². The summed E-state index contributed by atoms with van der Waals surface area (Å²) in [6, 6.07) is 19.4. The fourth-order valence-corrected chi connectivity index (χ4v) is 3.86. The van der Waals surface area contributed by atoms with E-state index in [-0.39, 0.29) is 11.3 Å². The smallest absolute Gasteiger partial charge is 0.282 e. The number of benzene rings is 3. The van der Waals surface area contributed by atoms with Crippen LogP contribution in [0, 0.1) is 6.92 Å². The van der Waals surface area contributed by atoms with Crippen molar-refractivity contribution in [2.24, 2.45) is 0 Å². The Morgan fingerprint density at radius 3 is 2.36 bits per heavy atom. The van der Waals surface area contributed by atoms with Crippen LogP contribution in [-0.4, -0.2) is 25.5 Å².